The first-order valence-corrected chi connectivity index (χ1v) is 6.03. The van der Waals surface area contributed by atoms with Crippen LogP contribution in [0.1, 0.15) is 24.4 Å². The van der Waals surface area contributed by atoms with Gasteiger partial charge in [-0.3, -0.25) is 11.3 Å². The van der Waals surface area contributed by atoms with Gasteiger partial charge in [0.15, 0.2) is 11.6 Å². The maximum absolute atomic E-state index is 13.7. The summed E-state index contributed by atoms with van der Waals surface area (Å²) in [5.41, 5.74) is 3.50. The third-order valence-corrected chi connectivity index (χ3v) is 3.40. The normalized spacial score (nSPS) is 18.4. The van der Waals surface area contributed by atoms with Crippen LogP contribution in [0.2, 0.25) is 0 Å². The van der Waals surface area contributed by atoms with Crippen LogP contribution >= 0.6 is 0 Å². The van der Waals surface area contributed by atoms with E-state index in [1.165, 1.54) is 13.2 Å². The molecule has 1 aliphatic rings. The van der Waals surface area contributed by atoms with E-state index in [2.05, 4.69) is 5.43 Å². The fourth-order valence-corrected chi connectivity index (χ4v) is 2.28. The van der Waals surface area contributed by atoms with Crippen molar-refractivity contribution < 1.29 is 13.9 Å². The summed E-state index contributed by atoms with van der Waals surface area (Å²) in [6.45, 7) is 0. The molecule has 0 aliphatic heterocycles. The zero-order valence-corrected chi connectivity index (χ0v) is 10.7. The Balaban J connectivity index is 2.23. The third kappa shape index (κ3) is 2.63. The number of nitrogens with one attached hydrogen (secondary N) is 1. The highest BCUT2D eigenvalue weighted by atomic mass is 19.1. The molecule has 2 rings (SSSR count). The Hall–Kier alpha value is -1.17. The monoisotopic (exact) mass is 254 g/mol. The van der Waals surface area contributed by atoms with Gasteiger partial charge in [0.05, 0.1) is 19.3 Å². The van der Waals surface area contributed by atoms with Gasteiger partial charge < -0.3 is 9.47 Å². The highest BCUT2D eigenvalue weighted by molar-refractivity contribution is 5.31. The number of hydrogen-bond acceptors (Lipinski definition) is 4. The number of hydrazine groups is 1. The molecule has 2 atom stereocenters. The van der Waals surface area contributed by atoms with E-state index in [4.69, 9.17) is 15.3 Å². The maximum atomic E-state index is 13.7. The van der Waals surface area contributed by atoms with Crippen molar-refractivity contribution in [2.45, 2.75) is 25.0 Å². The van der Waals surface area contributed by atoms with E-state index >= 15 is 0 Å². The van der Waals surface area contributed by atoms with Crippen molar-refractivity contribution in [2.75, 3.05) is 14.2 Å². The summed E-state index contributed by atoms with van der Waals surface area (Å²) in [4.78, 5) is 0. The molecule has 5 heteroatoms. The lowest BCUT2D eigenvalue weighted by Crippen LogP contribution is -2.38. The Kier molecular flexibility index (Phi) is 4.16. The van der Waals surface area contributed by atoms with E-state index in [1.807, 2.05) is 0 Å². The molecule has 0 amide bonds. The van der Waals surface area contributed by atoms with Crippen LogP contribution in [0, 0.1) is 11.7 Å². The smallest absolute Gasteiger partial charge is 0.165 e. The summed E-state index contributed by atoms with van der Waals surface area (Å²) >= 11 is 0. The van der Waals surface area contributed by atoms with E-state index in [-0.39, 0.29) is 23.7 Å². The van der Waals surface area contributed by atoms with Crippen molar-refractivity contribution in [1.82, 2.24) is 5.43 Å². The van der Waals surface area contributed by atoms with E-state index in [0.717, 1.165) is 18.4 Å². The van der Waals surface area contributed by atoms with Crippen molar-refractivity contribution in [3.8, 4) is 5.75 Å². The van der Waals surface area contributed by atoms with Gasteiger partial charge in [-0.2, -0.15) is 0 Å². The highest BCUT2D eigenvalue weighted by Crippen LogP contribution is 2.39. The van der Waals surface area contributed by atoms with Gasteiger partial charge in [0.1, 0.15) is 0 Å². The average molecular weight is 254 g/mol. The first-order chi connectivity index (χ1) is 8.71. The zero-order chi connectivity index (χ0) is 13.1. The standard InChI is InChI=1S/C13H19FN2O2/c1-17-11-6-5-9(7-10(11)14)12(16-15)13(18-2)8-3-4-8/h5-8,12-13,16H,3-4,15H2,1-2H3. The van der Waals surface area contributed by atoms with Crippen molar-refractivity contribution in [1.29, 1.82) is 0 Å². The summed E-state index contributed by atoms with van der Waals surface area (Å²) in [6, 6.07) is 4.65. The number of benzene rings is 1. The molecule has 100 valence electrons. The van der Waals surface area contributed by atoms with Crippen molar-refractivity contribution in [3.05, 3.63) is 29.6 Å². The van der Waals surface area contributed by atoms with Gasteiger partial charge in [-0.1, -0.05) is 6.07 Å². The second-order valence-corrected chi connectivity index (χ2v) is 4.58. The number of rotatable bonds is 6. The van der Waals surface area contributed by atoms with Crippen molar-refractivity contribution >= 4 is 0 Å². The summed E-state index contributed by atoms with van der Waals surface area (Å²) in [7, 11) is 3.10. The summed E-state index contributed by atoms with van der Waals surface area (Å²) in [5.74, 6) is 5.93. The van der Waals surface area contributed by atoms with E-state index in [0.29, 0.717) is 5.92 Å². The van der Waals surface area contributed by atoms with Crippen LogP contribution in [-0.2, 0) is 4.74 Å². The van der Waals surface area contributed by atoms with E-state index in [9.17, 15) is 4.39 Å². The molecule has 0 aromatic heterocycles. The molecular weight excluding hydrogens is 235 g/mol. The number of nitrogens with two attached hydrogens (primary N) is 1. The zero-order valence-electron chi connectivity index (χ0n) is 10.7. The van der Waals surface area contributed by atoms with Crippen molar-refractivity contribution in [2.24, 2.45) is 11.8 Å². The molecule has 4 nitrogen and oxygen atoms in total. The number of methoxy groups -OCH3 is 2. The van der Waals surface area contributed by atoms with Crippen LogP contribution in [0.25, 0.3) is 0 Å². The van der Waals surface area contributed by atoms with Gasteiger partial charge in [0.2, 0.25) is 0 Å². The average Bonchev–Trinajstić information content (AvgIpc) is 3.20. The largest absolute Gasteiger partial charge is 0.494 e. The predicted octanol–water partition coefficient (Wildman–Crippen LogP) is 1.76. The molecule has 0 saturated heterocycles. The highest BCUT2D eigenvalue weighted by Gasteiger charge is 2.37. The second-order valence-electron chi connectivity index (χ2n) is 4.58. The minimum absolute atomic E-state index is 0.0252. The van der Waals surface area contributed by atoms with Gasteiger partial charge in [0.25, 0.3) is 0 Å². The number of hydrogen-bond donors (Lipinski definition) is 2. The Bertz CT molecular complexity index is 410. The molecule has 0 spiro atoms. The summed E-state index contributed by atoms with van der Waals surface area (Å²) in [6.07, 6.45) is 2.24. The summed E-state index contributed by atoms with van der Waals surface area (Å²) in [5, 5.41) is 0. The quantitative estimate of drug-likeness (QED) is 0.600. The lowest BCUT2D eigenvalue weighted by Gasteiger charge is -2.26. The van der Waals surface area contributed by atoms with Crippen LogP contribution in [0.3, 0.4) is 0 Å². The van der Waals surface area contributed by atoms with E-state index < -0.39 is 0 Å². The minimum atomic E-state index is -0.388. The lowest BCUT2D eigenvalue weighted by molar-refractivity contribution is 0.0506. The first kappa shape index (κ1) is 13.3. The first-order valence-electron chi connectivity index (χ1n) is 6.03. The van der Waals surface area contributed by atoms with Gasteiger partial charge >= 0.3 is 0 Å². The van der Waals surface area contributed by atoms with Crippen LogP contribution in [0.5, 0.6) is 5.75 Å². The molecular formula is C13H19FN2O2. The van der Waals surface area contributed by atoms with Gasteiger partial charge in [0, 0.05) is 7.11 Å². The second kappa shape index (κ2) is 5.65. The molecule has 1 aromatic carbocycles. The molecule has 1 saturated carbocycles. The van der Waals surface area contributed by atoms with Gasteiger partial charge in [-0.25, -0.2) is 4.39 Å². The molecule has 1 aromatic rings. The molecule has 1 fully saturated rings. The SMILES string of the molecule is COc1ccc(C(NN)C(OC)C2CC2)cc1F. The van der Waals surface area contributed by atoms with Crippen LogP contribution in [0.15, 0.2) is 18.2 Å². The molecule has 0 bridgehead atoms. The number of halogens is 1. The van der Waals surface area contributed by atoms with Crippen LogP contribution in [0.4, 0.5) is 4.39 Å². The van der Waals surface area contributed by atoms with Gasteiger partial charge in [-0.05, 0) is 36.5 Å². The topological polar surface area (TPSA) is 56.5 Å². The minimum Gasteiger partial charge on any atom is -0.494 e. The maximum Gasteiger partial charge on any atom is 0.165 e. The fourth-order valence-electron chi connectivity index (χ4n) is 2.28. The Labute approximate surface area is 106 Å². The molecule has 2 unspecified atom stereocenters. The molecule has 18 heavy (non-hydrogen) atoms. The fraction of sp³-hybridized carbons (Fsp3) is 0.538. The Morgan fingerprint density at radius 2 is 2.11 bits per heavy atom. The predicted molar refractivity (Wildman–Crippen MR) is 66.5 cm³/mol. The summed E-state index contributed by atoms with van der Waals surface area (Å²) < 4.78 is 24.1. The lowest BCUT2D eigenvalue weighted by atomic mass is 9.98. The third-order valence-electron chi connectivity index (χ3n) is 3.40. The number of ether oxygens (including phenoxy) is 2. The molecule has 3 N–H and O–H groups in total. The molecule has 1 aliphatic carbocycles. The molecule has 0 heterocycles. The van der Waals surface area contributed by atoms with Crippen LogP contribution in [-0.4, -0.2) is 20.3 Å². The van der Waals surface area contributed by atoms with Crippen LogP contribution < -0.4 is 16.0 Å². The Morgan fingerprint density at radius 1 is 1.39 bits per heavy atom. The Morgan fingerprint density at radius 3 is 2.56 bits per heavy atom. The van der Waals surface area contributed by atoms with E-state index in [1.54, 1.807) is 19.2 Å². The van der Waals surface area contributed by atoms with Crippen molar-refractivity contribution in [3.63, 3.8) is 0 Å². The van der Waals surface area contributed by atoms with Gasteiger partial charge in [-0.15, -0.1) is 0 Å². The molecule has 0 radical (unpaired) electrons.